The number of aliphatic hydroxyl groups is 2. The van der Waals surface area contributed by atoms with Gasteiger partial charge in [-0.3, -0.25) is 57.6 Å². The Balaban J connectivity index is 1.19. The van der Waals surface area contributed by atoms with Gasteiger partial charge in [0.05, 0.1) is 41.7 Å². The molecule has 0 saturated carbocycles. The van der Waals surface area contributed by atoms with Crippen LogP contribution in [0.3, 0.4) is 0 Å². The Kier molecular flexibility index (Phi) is 20.4. The van der Waals surface area contributed by atoms with E-state index in [4.69, 9.17) is 46.0 Å². The van der Waals surface area contributed by atoms with Crippen molar-refractivity contribution in [3.05, 3.63) is 63.9 Å². The quantitative estimate of drug-likeness (QED) is 0.0317. The van der Waals surface area contributed by atoms with Crippen LogP contribution >= 0.6 is 7.82 Å². The van der Waals surface area contributed by atoms with E-state index in [2.05, 4.69) is 31.6 Å². The maximum Gasteiger partial charge on any atom is 0.472 e. The molecule has 0 aliphatic carbocycles. The lowest BCUT2D eigenvalue weighted by molar-refractivity contribution is -0.122. The highest BCUT2D eigenvalue weighted by atomic mass is 31.2. The summed E-state index contributed by atoms with van der Waals surface area (Å²) < 4.78 is 32.3. The first-order valence-electron chi connectivity index (χ1n) is 30.7. The second-order valence-electron chi connectivity index (χ2n) is 26.6. The molecule has 1 aromatic heterocycles. The highest BCUT2D eigenvalue weighted by molar-refractivity contribution is 7.47. The van der Waals surface area contributed by atoms with Gasteiger partial charge in [0, 0.05) is 131 Å². The van der Waals surface area contributed by atoms with E-state index in [0.29, 0.717) is 82.1 Å². The maximum atomic E-state index is 14.4. The number of phosphoric ester groups is 1. The number of aryl methyl sites for hydroxylation is 2. The minimum atomic E-state index is -5.04. The predicted molar refractivity (Wildman–Crippen MR) is 334 cm³/mol. The Morgan fingerprint density at radius 2 is 1.52 bits per heavy atom. The smallest absolute Gasteiger partial charge is 0.394 e. The molecule has 6 aliphatic heterocycles. The first-order valence-corrected chi connectivity index (χ1v) is 32.2. The minimum absolute atomic E-state index is 0.00697. The van der Waals surface area contributed by atoms with Crippen molar-refractivity contribution in [3.8, 4) is 0 Å². The molecule has 0 radical (unpaired) electrons. The number of carbonyl (C=O) groups is 7. The number of imidazole rings is 1. The van der Waals surface area contributed by atoms with E-state index >= 15 is 0 Å². The summed E-state index contributed by atoms with van der Waals surface area (Å²) in [6.45, 7) is 20.2. The standard InChI is InChI=1S/C62H90N13O14P/c1-32-20-42-43(21-33(32)2)75(28-70-42)57-52(84)53(44(26-76)87-57)89-90(85,86)88-34(3)24-69-49(83)16-18-59(8)40(25-67-30-78)56-62(11)61(10,27-68-31-79)39(17-19-66-29-77)51(74-62)36(5)55-60(9,23-48(65)82)37(12-14-46(63)80)41(71-55)22-45-58(6,7)38(13-15-47(64)81)50(72-45)35(4)54(59)73-56/h20-22,28-31,34,37-40,44,52-53,56-57,71,76,84H,12-19,23-27H2,1-11H3,(H2,63,80)(H2,64,81)(H2,65,82)(H,66,77)(H,67,78)(H,68,79)(H,69,83)(H,85,86)/b41-22?,50-35?,55-36-. The number of aromatic nitrogens is 2. The molecule has 6 aliphatic rings. The second-order valence-corrected chi connectivity index (χ2v) is 28.0. The number of allylic oxidation sites excluding steroid dienone is 6. The van der Waals surface area contributed by atoms with E-state index in [-0.39, 0.29) is 71.1 Å². The van der Waals surface area contributed by atoms with Crippen molar-refractivity contribution in [1.82, 2.24) is 36.1 Å². The number of ether oxygens (including phenoxy) is 1. The van der Waals surface area contributed by atoms with Crippen molar-refractivity contribution < 1.29 is 67.0 Å². The Hall–Kier alpha value is -7.00. The summed E-state index contributed by atoms with van der Waals surface area (Å²) in [5.74, 6) is -4.40. The van der Waals surface area contributed by atoms with E-state index in [1.165, 1.54) is 13.3 Å². The summed E-state index contributed by atoms with van der Waals surface area (Å²) in [7, 11) is -5.04. The molecule has 14 N–H and O–H groups in total. The minimum Gasteiger partial charge on any atom is -0.394 e. The largest absolute Gasteiger partial charge is 0.472 e. The van der Waals surface area contributed by atoms with Gasteiger partial charge in [-0.1, -0.05) is 34.6 Å². The van der Waals surface area contributed by atoms with Crippen LogP contribution in [0.5, 0.6) is 0 Å². The molecule has 8 rings (SSSR count). The van der Waals surface area contributed by atoms with Gasteiger partial charge in [-0.05, 0) is 108 Å². The van der Waals surface area contributed by atoms with Crippen molar-refractivity contribution >= 4 is 78.9 Å². The molecular weight excluding hydrogens is 1180 g/mol. The zero-order valence-corrected chi connectivity index (χ0v) is 54.1. The van der Waals surface area contributed by atoms with Crippen molar-refractivity contribution in [3.63, 3.8) is 0 Å². The van der Waals surface area contributed by atoms with Gasteiger partial charge in [0.15, 0.2) is 6.23 Å². The Labute approximate surface area is 524 Å². The first kappa shape index (κ1) is 68.9. The molecule has 2 fully saturated rings. The van der Waals surface area contributed by atoms with Crippen molar-refractivity contribution in [2.75, 3.05) is 32.8 Å². The highest BCUT2D eigenvalue weighted by Gasteiger charge is 2.66. The number of nitrogens with one attached hydrogen (secondary N) is 5. The van der Waals surface area contributed by atoms with Crippen LogP contribution < -0.4 is 43.8 Å². The maximum absolute atomic E-state index is 14.4. The molecule has 2 aromatic rings. The molecule has 8 bridgehead atoms. The lowest BCUT2D eigenvalue weighted by Crippen LogP contribution is -2.59. The van der Waals surface area contributed by atoms with Gasteiger partial charge >= 0.3 is 7.82 Å². The third kappa shape index (κ3) is 13.0. The summed E-state index contributed by atoms with van der Waals surface area (Å²) in [5.41, 5.74) is 20.5. The third-order valence-corrected chi connectivity index (χ3v) is 21.7. The van der Waals surface area contributed by atoms with Gasteiger partial charge in [-0.25, -0.2) is 9.55 Å². The van der Waals surface area contributed by atoms with Gasteiger partial charge < -0.3 is 68.2 Å². The Morgan fingerprint density at radius 3 is 2.16 bits per heavy atom. The molecular formula is C62H90N13O14P. The molecule has 492 valence electrons. The lowest BCUT2D eigenvalue weighted by atomic mass is 9.57. The van der Waals surface area contributed by atoms with Crippen LogP contribution in [-0.2, 0) is 51.9 Å². The molecule has 1 aromatic carbocycles. The van der Waals surface area contributed by atoms with Crippen LogP contribution in [-0.4, -0.2) is 153 Å². The molecule has 15 atom stereocenters. The van der Waals surface area contributed by atoms with Gasteiger partial charge in [0.1, 0.15) is 18.3 Å². The number of primary amides is 3. The number of carbonyl (C=O) groups excluding carboxylic acids is 7. The molecule has 90 heavy (non-hydrogen) atoms. The summed E-state index contributed by atoms with van der Waals surface area (Å²) in [6, 6.07) is 2.91. The van der Waals surface area contributed by atoms with Crippen molar-refractivity contribution in [2.45, 2.75) is 170 Å². The first-order chi connectivity index (χ1) is 42.3. The van der Waals surface area contributed by atoms with E-state index in [9.17, 15) is 53.2 Å². The van der Waals surface area contributed by atoms with Crippen LogP contribution in [0.4, 0.5) is 0 Å². The molecule has 0 spiro atoms. The SMILES string of the molecule is CC1=C2N=C(C=C3N/C(=C(/C)C4=NC(C)(C5N=C1C(C)(CCC(=O)NCC(C)OP(=O)(O)OC1C(CO)OC(n6cnc7cc(C)c(C)cc76)C1O)C5CNC=O)C(C)(CNC=O)C4CCNC=O)C(C)(CC(N)=O)C3CCC(N)=O)C(C)(C)C2CCC(N)=O. The fourth-order valence-corrected chi connectivity index (χ4v) is 16.4. The van der Waals surface area contributed by atoms with E-state index in [1.807, 2.05) is 87.4 Å². The monoisotopic (exact) mass is 1270 g/mol. The number of hydrogen-bond donors (Lipinski definition) is 11. The number of nitrogens with zero attached hydrogens (tertiary/aromatic N) is 5. The fraction of sp³-hybridized carbons (Fsp3) is 0.629. The van der Waals surface area contributed by atoms with Crippen LogP contribution in [0.25, 0.3) is 11.0 Å². The zero-order valence-electron chi connectivity index (χ0n) is 53.3. The van der Waals surface area contributed by atoms with Crippen LogP contribution in [0, 0.1) is 59.2 Å². The number of hydrogen-bond acceptors (Lipinski definition) is 18. The number of nitrogens with two attached hydrogens (primary N) is 3. The number of fused-ring (bicyclic) bond motifs is 7. The highest BCUT2D eigenvalue weighted by Crippen LogP contribution is 2.61. The predicted octanol–water partition coefficient (Wildman–Crippen LogP) is 2.78. The van der Waals surface area contributed by atoms with Gasteiger partial charge in [-0.2, -0.15) is 0 Å². The Bertz CT molecular complexity index is 3430. The van der Waals surface area contributed by atoms with Crippen LogP contribution in [0.15, 0.2) is 67.8 Å². The molecule has 15 unspecified atom stereocenters. The number of phosphoric acid groups is 1. The fourth-order valence-electron chi connectivity index (χ4n) is 15.3. The summed E-state index contributed by atoms with van der Waals surface area (Å²) in [6.07, 6.45) is -0.931. The van der Waals surface area contributed by atoms with Gasteiger partial charge in [0.25, 0.3) is 0 Å². The molecule has 27 nitrogen and oxygen atoms in total. The number of aliphatic imine (C=N–C) groups is 3. The zero-order chi connectivity index (χ0) is 66.2. The lowest BCUT2D eigenvalue weighted by Gasteiger charge is -2.48. The van der Waals surface area contributed by atoms with Crippen molar-refractivity contribution in [1.29, 1.82) is 0 Å². The molecule has 2 saturated heterocycles. The number of aliphatic hydroxyl groups excluding tert-OH is 2. The summed E-state index contributed by atoms with van der Waals surface area (Å²) in [5, 5.41) is 37.0. The second kappa shape index (κ2) is 26.7. The number of benzene rings is 1. The summed E-state index contributed by atoms with van der Waals surface area (Å²) >= 11 is 0. The molecule has 28 heteroatoms. The van der Waals surface area contributed by atoms with E-state index in [1.54, 1.807) is 4.57 Å². The summed E-state index contributed by atoms with van der Waals surface area (Å²) in [4.78, 5) is 123. The van der Waals surface area contributed by atoms with Crippen LogP contribution in [0.1, 0.15) is 131 Å². The normalized spacial score (nSPS) is 32.7. The van der Waals surface area contributed by atoms with E-state index < -0.39 is 126 Å². The molecule has 7 amide bonds. The topological polar surface area (TPSA) is 418 Å². The third-order valence-electron chi connectivity index (χ3n) is 20.6. The number of amides is 7. The number of rotatable bonds is 29. The average Bonchev–Trinajstić information content (AvgIpc) is 1.53. The average molecular weight is 1270 g/mol. The Morgan fingerprint density at radius 1 is 0.867 bits per heavy atom. The van der Waals surface area contributed by atoms with Crippen LogP contribution in [0.2, 0.25) is 0 Å². The van der Waals surface area contributed by atoms with Gasteiger partial charge in [-0.15, -0.1) is 0 Å². The van der Waals surface area contributed by atoms with Crippen molar-refractivity contribution in [2.24, 2.45) is 77.5 Å². The molecule has 7 heterocycles. The van der Waals surface area contributed by atoms with Gasteiger partial charge in [0.2, 0.25) is 42.9 Å². The van der Waals surface area contributed by atoms with E-state index in [0.717, 1.165) is 11.1 Å².